The molecule has 1 amide bonds. The lowest BCUT2D eigenvalue weighted by molar-refractivity contribution is -0.139. The van der Waals surface area contributed by atoms with E-state index in [1.807, 2.05) is 25.1 Å². The van der Waals surface area contributed by atoms with Gasteiger partial charge in [0.05, 0.1) is 18.2 Å². The van der Waals surface area contributed by atoms with E-state index in [1.54, 1.807) is 36.4 Å². The molecule has 1 aliphatic rings. The minimum absolute atomic E-state index is 0.108. The number of amides is 1. The predicted octanol–water partition coefficient (Wildman–Crippen LogP) is 3.90. The number of ketones is 1. The molecule has 5 nitrogen and oxygen atoms in total. The van der Waals surface area contributed by atoms with Gasteiger partial charge in [-0.25, -0.2) is 0 Å². The Morgan fingerprint density at radius 3 is 2.37 bits per heavy atom. The zero-order valence-electron chi connectivity index (χ0n) is 14.9. The van der Waals surface area contributed by atoms with Crippen molar-refractivity contribution in [1.29, 1.82) is 0 Å². The third-order valence-electron chi connectivity index (χ3n) is 4.42. The minimum Gasteiger partial charge on any atom is -0.507 e. The average molecular weight is 430 g/mol. The van der Waals surface area contributed by atoms with Crippen LogP contribution in [0.5, 0.6) is 5.75 Å². The molecule has 1 saturated heterocycles. The van der Waals surface area contributed by atoms with Crippen molar-refractivity contribution in [2.24, 2.45) is 0 Å². The van der Waals surface area contributed by atoms with Crippen LogP contribution in [-0.4, -0.2) is 40.2 Å². The molecule has 27 heavy (non-hydrogen) atoms. The van der Waals surface area contributed by atoms with Crippen molar-refractivity contribution < 1.29 is 19.4 Å². The van der Waals surface area contributed by atoms with Crippen molar-refractivity contribution in [3.8, 4) is 5.75 Å². The molecule has 0 spiro atoms. The van der Waals surface area contributed by atoms with Gasteiger partial charge >= 0.3 is 0 Å². The Morgan fingerprint density at radius 1 is 1.11 bits per heavy atom. The first-order valence-electron chi connectivity index (χ1n) is 8.71. The zero-order chi connectivity index (χ0) is 19.4. The Morgan fingerprint density at radius 2 is 1.78 bits per heavy atom. The number of alkyl halides is 1. The summed E-state index contributed by atoms with van der Waals surface area (Å²) in [6.07, 6.45) is 0. The molecule has 0 bridgehead atoms. The Bertz CT molecular complexity index is 862. The van der Waals surface area contributed by atoms with E-state index in [4.69, 9.17) is 4.74 Å². The summed E-state index contributed by atoms with van der Waals surface area (Å²) in [4.78, 5) is 26.8. The molecule has 2 aromatic rings. The summed E-state index contributed by atoms with van der Waals surface area (Å²) in [6.45, 7) is 2.81. The number of benzene rings is 2. The summed E-state index contributed by atoms with van der Waals surface area (Å²) in [7, 11) is 0. The number of rotatable bonds is 6. The maximum absolute atomic E-state index is 12.7. The van der Waals surface area contributed by atoms with E-state index in [0.29, 0.717) is 29.8 Å². The average Bonchev–Trinajstić information content (AvgIpc) is 2.94. The van der Waals surface area contributed by atoms with Crippen LogP contribution in [0.2, 0.25) is 0 Å². The largest absolute Gasteiger partial charge is 0.507 e. The molecule has 140 valence electrons. The molecule has 2 aromatic carbocycles. The van der Waals surface area contributed by atoms with Gasteiger partial charge in [0.1, 0.15) is 11.5 Å². The third kappa shape index (κ3) is 3.76. The molecule has 0 saturated carbocycles. The smallest absolute Gasteiger partial charge is 0.295 e. The van der Waals surface area contributed by atoms with Gasteiger partial charge in [-0.1, -0.05) is 58.4 Å². The molecule has 6 heteroatoms. The quantitative estimate of drug-likeness (QED) is 0.327. The summed E-state index contributed by atoms with van der Waals surface area (Å²) < 4.78 is 5.47. The van der Waals surface area contributed by atoms with Crippen LogP contribution in [0.15, 0.2) is 60.2 Å². The molecule has 1 aliphatic heterocycles. The topological polar surface area (TPSA) is 66.8 Å². The number of hydrogen-bond acceptors (Lipinski definition) is 4. The Balaban J connectivity index is 2.11. The number of likely N-dealkylation sites (tertiary alicyclic amines) is 1. The van der Waals surface area contributed by atoms with E-state index < -0.39 is 17.7 Å². The third-order valence-corrected chi connectivity index (χ3v) is 4.77. The summed E-state index contributed by atoms with van der Waals surface area (Å²) in [5, 5.41) is 11.3. The molecular formula is C21H20BrNO4. The number of aliphatic hydroxyl groups is 1. The molecule has 3 rings (SSSR count). The van der Waals surface area contributed by atoms with Crippen LogP contribution in [0.4, 0.5) is 0 Å². The van der Waals surface area contributed by atoms with Crippen molar-refractivity contribution >= 4 is 33.4 Å². The number of halogens is 1. The first kappa shape index (κ1) is 19.2. The number of aliphatic hydroxyl groups excluding tert-OH is 1. The van der Waals surface area contributed by atoms with E-state index in [1.165, 1.54) is 4.90 Å². The van der Waals surface area contributed by atoms with Crippen LogP contribution in [0.3, 0.4) is 0 Å². The van der Waals surface area contributed by atoms with Gasteiger partial charge in [-0.05, 0) is 24.6 Å². The molecule has 1 heterocycles. The van der Waals surface area contributed by atoms with Gasteiger partial charge in [-0.3, -0.25) is 9.59 Å². The summed E-state index contributed by atoms with van der Waals surface area (Å²) in [5.41, 5.74) is 1.36. The highest BCUT2D eigenvalue weighted by molar-refractivity contribution is 9.09. The van der Waals surface area contributed by atoms with Gasteiger partial charge in [0.2, 0.25) is 0 Å². The molecule has 1 atom stereocenters. The van der Waals surface area contributed by atoms with E-state index >= 15 is 0 Å². The van der Waals surface area contributed by atoms with Crippen LogP contribution in [0.25, 0.3) is 5.76 Å². The van der Waals surface area contributed by atoms with Crippen molar-refractivity contribution in [3.05, 3.63) is 71.3 Å². The lowest BCUT2D eigenvalue weighted by atomic mass is 9.95. The maximum atomic E-state index is 12.7. The Kier molecular flexibility index (Phi) is 5.96. The second-order valence-electron chi connectivity index (χ2n) is 6.05. The normalized spacial score (nSPS) is 18.7. The van der Waals surface area contributed by atoms with Crippen molar-refractivity contribution in [2.75, 3.05) is 18.5 Å². The first-order chi connectivity index (χ1) is 13.1. The second kappa shape index (κ2) is 8.39. The van der Waals surface area contributed by atoms with E-state index in [2.05, 4.69) is 15.9 Å². The molecular weight excluding hydrogens is 410 g/mol. The molecule has 0 radical (unpaired) electrons. The Hall–Kier alpha value is -2.60. The number of Topliss-reactive ketones (excluding diaryl/α,β-unsaturated/α-hetero) is 1. The fourth-order valence-electron chi connectivity index (χ4n) is 3.21. The van der Waals surface area contributed by atoms with Crippen LogP contribution >= 0.6 is 15.9 Å². The summed E-state index contributed by atoms with van der Waals surface area (Å²) in [5.74, 6) is -0.728. The van der Waals surface area contributed by atoms with Crippen molar-refractivity contribution in [3.63, 3.8) is 0 Å². The van der Waals surface area contributed by atoms with Crippen molar-refractivity contribution in [1.82, 2.24) is 4.90 Å². The predicted molar refractivity (Wildman–Crippen MR) is 107 cm³/mol. The summed E-state index contributed by atoms with van der Waals surface area (Å²) >= 11 is 3.34. The maximum Gasteiger partial charge on any atom is 0.295 e. The minimum atomic E-state index is -0.670. The lowest BCUT2D eigenvalue weighted by Crippen LogP contribution is -2.31. The monoisotopic (exact) mass is 429 g/mol. The molecule has 0 aliphatic carbocycles. The van der Waals surface area contributed by atoms with E-state index in [0.717, 1.165) is 5.56 Å². The Labute approximate surface area is 166 Å². The summed E-state index contributed by atoms with van der Waals surface area (Å²) in [6, 6.07) is 15.4. The molecule has 1 N–H and O–H groups in total. The van der Waals surface area contributed by atoms with Gasteiger partial charge in [-0.2, -0.15) is 0 Å². The van der Waals surface area contributed by atoms with Crippen LogP contribution in [0.1, 0.15) is 24.1 Å². The zero-order valence-corrected chi connectivity index (χ0v) is 16.5. The van der Waals surface area contributed by atoms with Crippen LogP contribution in [-0.2, 0) is 9.59 Å². The highest BCUT2D eigenvalue weighted by atomic mass is 79.9. The molecule has 1 fully saturated rings. The lowest BCUT2D eigenvalue weighted by Gasteiger charge is -2.24. The van der Waals surface area contributed by atoms with Crippen LogP contribution < -0.4 is 4.74 Å². The van der Waals surface area contributed by atoms with Crippen LogP contribution in [0, 0.1) is 0 Å². The van der Waals surface area contributed by atoms with E-state index in [-0.39, 0.29) is 11.3 Å². The molecule has 0 aromatic heterocycles. The fraction of sp³-hybridized carbons (Fsp3) is 0.238. The highest BCUT2D eigenvalue weighted by Crippen LogP contribution is 2.39. The van der Waals surface area contributed by atoms with Gasteiger partial charge < -0.3 is 14.7 Å². The number of ether oxygens (including phenoxy) is 1. The van der Waals surface area contributed by atoms with Gasteiger partial charge in [0.25, 0.3) is 11.7 Å². The second-order valence-corrected chi connectivity index (χ2v) is 6.84. The van der Waals surface area contributed by atoms with Gasteiger partial charge in [-0.15, -0.1) is 0 Å². The number of hydrogen-bond donors (Lipinski definition) is 1. The standard InChI is InChI=1S/C21H20BrNO4/c1-2-27-16-10-8-14(9-11-16)18-17(19(24)15-6-4-3-5-7-15)20(25)21(26)23(18)13-12-22/h3-11,18,24H,2,12-13H2,1H3. The number of nitrogens with zero attached hydrogens (tertiary/aromatic N) is 1. The number of carbonyl (C=O) groups is 2. The highest BCUT2D eigenvalue weighted by Gasteiger charge is 2.45. The SMILES string of the molecule is CCOc1ccc(C2C(=C(O)c3ccccc3)C(=O)C(=O)N2CCBr)cc1. The van der Waals surface area contributed by atoms with Gasteiger partial charge in [0, 0.05) is 17.4 Å². The van der Waals surface area contributed by atoms with Crippen molar-refractivity contribution in [2.45, 2.75) is 13.0 Å². The number of carbonyl (C=O) groups excluding carboxylic acids is 2. The first-order valence-corrected chi connectivity index (χ1v) is 9.83. The fourth-order valence-corrected chi connectivity index (χ4v) is 3.59. The van der Waals surface area contributed by atoms with Gasteiger partial charge in [0.15, 0.2) is 0 Å². The van der Waals surface area contributed by atoms with E-state index in [9.17, 15) is 14.7 Å². The molecule has 1 unspecified atom stereocenters.